The van der Waals surface area contributed by atoms with Crippen molar-refractivity contribution in [3.8, 4) is 0 Å². The number of amides is 1. The number of carbonyl (C=O) groups is 1. The van der Waals surface area contributed by atoms with E-state index in [9.17, 15) is 4.79 Å². The van der Waals surface area contributed by atoms with Crippen molar-refractivity contribution in [1.82, 2.24) is 10.3 Å². The second-order valence-corrected chi connectivity index (χ2v) is 3.84. The van der Waals surface area contributed by atoms with Crippen LogP contribution in [0.5, 0.6) is 0 Å². The van der Waals surface area contributed by atoms with E-state index < -0.39 is 0 Å². The Bertz CT molecular complexity index is 315. The van der Waals surface area contributed by atoms with E-state index in [4.69, 9.17) is 0 Å². The number of nitrogens with one attached hydrogen (secondary N) is 1. The summed E-state index contributed by atoms with van der Waals surface area (Å²) in [7, 11) is 0. The van der Waals surface area contributed by atoms with Gasteiger partial charge in [0.1, 0.15) is 0 Å². The fourth-order valence-corrected chi connectivity index (χ4v) is 1.33. The third kappa shape index (κ3) is 3.46. The van der Waals surface area contributed by atoms with Gasteiger partial charge >= 0.3 is 0 Å². The lowest BCUT2D eigenvalue weighted by molar-refractivity contribution is 0.0953. The van der Waals surface area contributed by atoms with Crippen LogP contribution >= 0.6 is 15.9 Å². The maximum absolute atomic E-state index is 11.5. The van der Waals surface area contributed by atoms with Gasteiger partial charge in [0.15, 0.2) is 0 Å². The molecule has 0 unspecified atom stereocenters. The summed E-state index contributed by atoms with van der Waals surface area (Å²) in [5, 5.41) is 3.72. The van der Waals surface area contributed by atoms with Gasteiger partial charge in [-0.1, -0.05) is 15.9 Å². The number of hydrogen-bond donors (Lipinski definition) is 1. The number of nitrogens with zero attached hydrogens (tertiary/aromatic N) is 1. The Morgan fingerprint density at radius 3 is 3.00 bits per heavy atom. The molecule has 1 amide bonds. The number of carbonyl (C=O) groups excluding carboxylic acids is 1. The lowest BCUT2D eigenvalue weighted by Crippen LogP contribution is -2.24. The van der Waals surface area contributed by atoms with Crippen molar-refractivity contribution in [1.29, 1.82) is 0 Å². The highest BCUT2D eigenvalue weighted by Crippen LogP contribution is 2.00. The van der Waals surface area contributed by atoms with Crippen molar-refractivity contribution in [2.45, 2.75) is 13.3 Å². The zero-order valence-electron chi connectivity index (χ0n) is 8.09. The van der Waals surface area contributed by atoms with Crippen molar-refractivity contribution in [2.75, 3.05) is 11.9 Å². The van der Waals surface area contributed by atoms with Gasteiger partial charge in [0.2, 0.25) is 0 Å². The Hall–Kier alpha value is -0.900. The van der Waals surface area contributed by atoms with E-state index in [-0.39, 0.29) is 5.91 Å². The first kappa shape index (κ1) is 11.2. The molecule has 0 bridgehead atoms. The van der Waals surface area contributed by atoms with Gasteiger partial charge in [0, 0.05) is 24.3 Å². The van der Waals surface area contributed by atoms with Gasteiger partial charge in [-0.05, 0) is 25.0 Å². The lowest BCUT2D eigenvalue weighted by atomic mass is 10.2. The zero-order valence-corrected chi connectivity index (χ0v) is 9.67. The Balaban J connectivity index is 2.52. The Morgan fingerprint density at radius 1 is 1.57 bits per heavy atom. The molecule has 14 heavy (non-hydrogen) atoms. The molecule has 1 aromatic heterocycles. The topological polar surface area (TPSA) is 42.0 Å². The number of aromatic nitrogens is 1. The Kier molecular flexibility index (Phi) is 4.59. The van der Waals surface area contributed by atoms with Crippen LogP contribution in [0.25, 0.3) is 0 Å². The van der Waals surface area contributed by atoms with Crippen LogP contribution < -0.4 is 5.32 Å². The van der Waals surface area contributed by atoms with Crippen molar-refractivity contribution < 1.29 is 4.79 Å². The molecule has 0 aliphatic carbocycles. The summed E-state index contributed by atoms with van der Waals surface area (Å²) in [6, 6.07) is 1.83. The fourth-order valence-electron chi connectivity index (χ4n) is 1.05. The van der Waals surface area contributed by atoms with Gasteiger partial charge in [-0.15, -0.1) is 0 Å². The van der Waals surface area contributed by atoms with E-state index in [2.05, 4.69) is 26.2 Å². The highest BCUT2D eigenvalue weighted by atomic mass is 79.9. The van der Waals surface area contributed by atoms with Gasteiger partial charge < -0.3 is 5.32 Å². The SMILES string of the molecule is Cc1cncc(C(=O)NCCCBr)c1. The summed E-state index contributed by atoms with van der Waals surface area (Å²) >= 11 is 3.30. The second kappa shape index (κ2) is 5.75. The van der Waals surface area contributed by atoms with Gasteiger partial charge in [-0.2, -0.15) is 0 Å². The summed E-state index contributed by atoms with van der Waals surface area (Å²) in [4.78, 5) is 15.5. The van der Waals surface area contributed by atoms with Crippen LogP contribution in [0.1, 0.15) is 22.3 Å². The summed E-state index contributed by atoms with van der Waals surface area (Å²) < 4.78 is 0. The predicted molar refractivity (Wildman–Crippen MR) is 59.7 cm³/mol. The Morgan fingerprint density at radius 2 is 2.36 bits per heavy atom. The number of hydrogen-bond acceptors (Lipinski definition) is 2. The normalized spacial score (nSPS) is 9.86. The monoisotopic (exact) mass is 256 g/mol. The first-order valence-corrected chi connectivity index (χ1v) is 5.62. The second-order valence-electron chi connectivity index (χ2n) is 3.05. The van der Waals surface area contributed by atoms with Crippen LogP contribution in [0.2, 0.25) is 0 Å². The first-order chi connectivity index (χ1) is 6.74. The van der Waals surface area contributed by atoms with E-state index in [1.807, 2.05) is 13.0 Å². The van der Waals surface area contributed by atoms with Crippen molar-refractivity contribution in [3.05, 3.63) is 29.6 Å². The number of rotatable bonds is 4. The van der Waals surface area contributed by atoms with Gasteiger partial charge in [0.25, 0.3) is 5.91 Å². The minimum atomic E-state index is -0.0536. The van der Waals surface area contributed by atoms with Crippen LogP contribution in [0.4, 0.5) is 0 Å². The molecule has 0 radical (unpaired) electrons. The third-order valence-electron chi connectivity index (χ3n) is 1.73. The summed E-state index contributed by atoms with van der Waals surface area (Å²) in [6.45, 7) is 2.61. The van der Waals surface area contributed by atoms with Crippen LogP contribution in [0, 0.1) is 6.92 Å². The number of alkyl halides is 1. The minimum absolute atomic E-state index is 0.0536. The van der Waals surface area contributed by atoms with Gasteiger partial charge in [-0.3, -0.25) is 9.78 Å². The Labute approximate surface area is 92.1 Å². The van der Waals surface area contributed by atoms with Crippen LogP contribution in [-0.4, -0.2) is 22.8 Å². The van der Waals surface area contributed by atoms with Crippen molar-refractivity contribution in [2.24, 2.45) is 0 Å². The van der Waals surface area contributed by atoms with Crippen LogP contribution in [-0.2, 0) is 0 Å². The molecule has 0 saturated heterocycles. The van der Waals surface area contributed by atoms with E-state index in [1.165, 1.54) is 0 Å². The molecule has 4 heteroatoms. The average Bonchev–Trinajstić information content (AvgIpc) is 2.18. The molecule has 0 aliphatic rings. The molecule has 76 valence electrons. The molecule has 0 aromatic carbocycles. The maximum Gasteiger partial charge on any atom is 0.252 e. The molecular weight excluding hydrogens is 244 g/mol. The van der Waals surface area contributed by atoms with E-state index >= 15 is 0 Å². The molecule has 0 atom stereocenters. The quantitative estimate of drug-likeness (QED) is 0.661. The largest absolute Gasteiger partial charge is 0.352 e. The standard InChI is InChI=1S/C10H13BrN2O/c1-8-5-9(7-12-6-8)10(14)13-4-2-3-11/h5-7H,2-4H2,1H3,(H,13,14). The summed E-state index contributed by atoms with van der Waals surface area (Å²) in [5.41, 5.74) is 1.62. The van der Waals surface area contributed by atoms with E-state index in [0.29, 0.717) is 12.1 Å². The highest BCUT2D eigenvalue weighted by Gasteiger charge is 2.04. The number of aryl methyl sites for hydroxylation is 1. The molecule has 1 rings (SSSR count). The minimum Gasteiger partial charge on any atom is -0.352 e. The molecule has 0 fully saturated rings. The number of halogens is 1. The highest BCUT2D eigenvalue weighted by molar-refractivity contribution is 9.09. The molecular formula is C10H13BrN2O. The van der Waals surface area contributed by atoms with Crippen molar-refractivity contribution >= 4 is 21.8 Å². The molecule has 0 saturated carbocycles. The molecule has 0 spiro atoms. The van der Waals surface area contributed by atoms with Gasteiger partial charge in [0.05, 0.1) is 5.56 Å². The average molecular weight is 257 g/mol. The molecule has 1 N–H and O–H groups in total. The summed E-state index contributed by atoms with van der Waals surface area (Å²) in [6.07, 6.45) is 4.25. The maximum atomic E-state index is 11.5. The predicted octanol–water partition coefficient (Wildman–Crippen LogP) is 1.90. The van der Waals surface area contributed by atoms with E-state index in [1.54, 1.807) is 12.4 Å². The third-order valence-corrected chi connectivity index (χ3v) is 2.29. The summed E-state index contributed by atoms with van der Waals surface area (Å²) in [5.74, 6) is -0.0536. The smallest absolute Gasteiger partial charge is 0.252 e. The van der Waals surface area contributed by atoms with Gasteiger partial charge in [-0.25, -0.2) is 0 Å². The molecule has 3 nitrogen and oxygen atoms in total. The van der Waals surface area contributed by atoms with Crippen molar-refractivity contribution in [3.63, 3.8) is 0 Å². The van der Waals surface area contributed by atoms with Crippen LogP contribution in [0.3, 0.4) is 0 Å². The first-order valence-electron chi connectivity index (χ1n) is 4.50. The number of pyridine rings is 1. The molecule has 1 heterocycles. The van der Waals surface area contributed by atoms with Crippen LogP contribution in [0.15, 0.2) is 18.5 Å². The zero-order chi connectivity index (χ0) is 10.4. The molecule has 0 aliphatic heterocycles. The molecule has 1 aromatic rings. The fraction of sp³-hybridized carbons (Fsp3) is 0.400. The lowest BCUT2D eigenvalue weighted by Gasteiger charge is -2.03. The van der Waals surface area contributed by atoms with E-state index in [0.717, 1.165) is 17.3 Å².